The minimum Gasteiger partial charge on any atom is -0.361 e. The average Bonchev–Trinajstić information content (AvgIpc) is 3.05. The summed E-state index contributed by atoms with van der Waals surface area (Å²) >= 11 is 0. The minimum atomic E-state index is 0.779. The number of anilines is 1. The monoisotopic (exact) mass is 363 g/mol. The highest BCUT2D eigenvalue weighted by molar-refractivity contribution is 5.83. The molecule has 3 aromatic rings. The van der Waals surface area contributed by atoms with Crippen molar-refractivity contribution in [3.8, 4) is 0 Å². The van der Waals surface area contributed by atoms with E-state index in [2.05, 4.69) is 60.0 Å². The lowest BCUT2D eigenvalue weighted by Crippen LogP contribution is -2.12. The largest absolute Gasteiger partial charge is 0.361 e. The molecule has 0 saturated heterocycles. The molecule has 2 aromatic heterocycles. The van der Waals surface area contributed by atoms with Crippen LogP contribution in [0.5, 0.6) is 0 Å². The maximum absolute atomic E-state index is 4.41. The molecule has 0 saturated carbocycles. The predicted molar refractivity (Wildman–Crippen MR) is 112 cm³/mol. The molecule has 27 heavy (non-hydrogen) atoms. The van der Waals surface area contributed by atoms with Crippen molar-refractivity contribution < 1.29 is 0 Å². The fourth-order valence-corrected chi connectivity index (χ4v) is 3.35. The Bertz CT molecular complexity index is 949. The molecule has 0 amide bonds. The van der Waals surface area contributed by atoms with Gasteiger partial charge in [0, 0.05) is 20.6 Å². The van der Waals surface area contributed by atoms with Crippen molar-refractivity contribution in [2.75, 3.05) is 19.0 Å². The highest BCUT2D eigenvalue weighted by Gasteiger charge is 2.12. The molecule has 1 aliphatic carbocycles. The Morgan fingerprint density at radius 1 is 0.963 bits per heavy atom. The van der Waals surface area contributed by atoms with Gasteiger partial charge in [-0.1, -0.05) is 35.4 Å². The van der Waals surface area contributed by atoms with Gasteiger partial charge in [0.1, 0.15) is 5.82 Å². The smallest absolute Gasteiger partial charge is 0.165 e. The van der Waals surface area contributed by atoms with E-state index in [0.717, 1.165) is 42.2 Å². The van der Waals surface area contributed by atoms with Crippen LogP contribution in [-0.2, 0) is 19.4 Å². The minimum absolute atomic E-state index is 0.779. The number of aryl methyl sites for hydroxylation is 2. The normalized spacial score (nSPS) is 13.3. The summed E-state index contributed by atoms with van der Waals surface area (Å²) < 4.78 is 2.02. The van der Waals surface area contributed by atoms with Crippen LogP contribution < -0.4 is 4.90 Å². The molecule has 0 bridgehead atoms. The number of benzene rings is 1. The summed E-state index contributed by atoms with van der Waals surface area (Å²) in [4.78, 5) is 15.1. The number of allylic oxidation sites excluding steroid dienone is 2. The third-order valence-corrected chi connectivity index (χ3v) is 5.08. The van der Waals surface area contributed by atoms with Gasteiger partial charge >= 0.3 is 0 Å². The highest BCUT2D eigenvalue weighted by atomic mass is 15.2. The van der Waals surface area contributed by atoms with Gasteiger partial charge in [0.25, 0.3) is 0 Å². The molecular formula is C22H29N5. The second-order valence-corrected chi connectivity index (χ2v) is 7.37. The van der Waals surface area contributed by atoms with Crippen molar-refractivity contribution in [2.45, 2.75) is 47.1 Å². The molecule has 4 rings (SSSR count). The molecule has 0 spiro atoms. The zero-order chi connectivity index (χ0) is 19.6. The van der Waals surface area contributed by atoms with Crippen LogP contribution in [0.4, 0.5) is 5.82 Å². The number of rotatable bonds is 2. The standard InChI is InChI=1S/C12H14.C10H15N5/c1-9-7-11-5-3-4-6-12(11)8-10(9)2;1-5-15-6-11-8-9(14(3)4)12-7(2)13-10(8)15/h3-6H,7-8H2,1-2H3;6H,5H2,1-4H3. The van der Waals surface area contributed by atoms with Crippen molar-refractivity contribution in [3.63, 3.8) is 0 Å². The molecule has 0 radical (unpaired) electrons. The van der Waals surface area contributed by atoms with E-state index in [4.69, 9.17) is 0 Å². The van der Waals surface area contributed by atoms with Gasteiger partial charge in [-0.05, 0) is 51.7 Å². The highest BCUT2D eigenvalue weighted by Crippen LogP contribution is 2.25. The fraction of sp³-hybridized carbons (Fsp3) is 0.409. The predicted octanol–water partition coefficient (Wildman–Crippen LogP) is 4.34. The molecule has 5 nitrogen and oxygen atoms in total. The molecule has 0 atom stereocenters. The Hall–Kier alpha value is -2.69. The Balaban J connectivity index is 0.000000159. The number of hydrogen-bond acceptors (Lipinski definition) is 4. The van der Waals surface area contributed by atoms with Crippen LogP contribution in [0, 0.1) is 6.92 Å². The Morgan fingerprint density at radius 3 is 2.07 bits per heavy atom. The van der Waals surface area contributed by atoms with E-state index in [-0.39, 0.29) is 0 Å². The molecule has 1 aliphatic rings. The van der Waals surface area contributed by atoms with Gasteiger partial charge in [0.2, 0.25) is 0 Å². The first kappa shape index (κ1) is 19.1. The number of imidazole rings is 1. The van der Waals surface area contributed by atoms with E-state index in [9.17, 15) is 0 Å². The molecule has 0 fully saturated rings. The lowest BCUT2D eigenvalue weighted by atomic mass is 9.88. The fourth-order valence-electron chi connectivity index (χ4n) is 3.35. The second kappa shape index (κ2) is 7.91. The molecule has 0 unspecified atom stereocenters. The molecule has 2 heterocycles. The summed E-state index contributed by atoms with van der Waals surface area (Å²) in [6, 6.07) is 8.75. The molecule has 142 valence electrons. The summed E-state index contributed by atoms with van der Waals surface area (Å²) in [7, 11) is 3.93. The Labute approximate surface area is 161 Å². The second-order valence-electron chi connectivity index (χ2n) is 7.37. The quantitative estimate of drug-likeness (QED) is 0.635. The zero-order valence-corrected chi connectivity index (χ0v) is 17.2. The lowest BCUT2D eigenvalue weighted by molar-refractivity contribution is 0.775. The van der Waals surface area contributed by atoms with Crippen LogP contribution in [0.3, 0.4) is 0 Å². The van der Waals surface area contributed by atoms with Crippen molar-refractivity contribution in [2.24, 2.45) is 0 Å². The Kier molecular flexibility index (Phi) is 5.59. The van der Waals surface area contributed by atoms with Gasteiger partial charge < -0.3 is 9.47 Å². The van der Waals surface area contributed by atoms with Gasteiger partial charge in [0.05, 0.1) is 6.33 Å². The Morgan fingerprint density at radius 2 is 1.56 bits per heavy atom. The van der Waals surface area contributed by atoms with E-state index in [1.54, 1.807) is 11.1 Å². The van der Waals surface area contributed by atoms with Crippen LogP contribution in [0.1, 0.15) is 37.7 Å². The van der Waals surface area contributed by atoms with E-state index in [1.165, 1.54) is 11.1 Å². The molecular weight excluding hydrogens is 334 g/mol. The van der Waals surface area contributed by atoms with E-state index >= 15 is 0 Å². The molecule has 5 heteroatoms. The maximum atomic E-state index is 4.41. The maximum Gasteiger partial charge on any atom is 0.165 e. The van der Waals surface area contributed by atoms with Gasteiger partial charge in [-0.25, -0.2) is 15.0 Å². The number of aromatic nitrogens is 4. The lowest BCUT2D eigenvalue weighted by Gasteiger charge is -2.18. The summed E-state index contributed by atoms with van der Waals surface area (Å²) in [5.41, 5.74) is 7.91. The van der Waals surface area contributed by atoms with E-state index < -0.39 is 0 Å². The first-order valence-corrected chi connectivity index (χ1v) is 9.49. The zero-order valence-electron chi connectivity index (χ0n) is 17.2. The molecule has 1 aromatic carbocycles. The van der Waals surface area contributed by atoms with Crippen LogP contribution in [0.2, 0.25) is 0 Å². The molecule has 0 aliphatic heterocycles. The van der Waals surface area contributed by atoms with E-state index in [1.807, 2.05) is 36.8 Å². The van der Waals surface area contributed by atoms with Crippen molar-refractivity contribution in [1.82, 2.24) is 19.5 Å². The number of hydrogen-bond donors (Lipinski definition) is 0. The SMILES string of the molecule is CC1=C(C)Cc2ccccc2C1.CCn1cnc2c(N(C)C)nc(C)nc21. The van der Waals surface area contributed by atoms with Gasteiger partial charge in [-0.2, -0.15) is 0 Å². The summed E-state index contributed by atoms with van der Waals surface area (Å²) in [5, 5.41) is 0. The van der Waals surface area contributed by atoms with Crippen molar-refractivity contribution in [1.29, 1.82) is 0 Å². The van der Waals surface area contributed by atoms with E-state index in [0.29, 0.717) is 0 Å². The average molecular weight is 364 g/mol. The third kappa shape index (κ3) is 4.02. The summed E-state index contributed by atoms with van der Waals surface area (Å²) in [5.74, 6) is 1.66. The van der Waals surface area contributed by atoms with Crippen LogP contribution >= 0.6 is 0 Å². The first-order chi connectivity index (χ1) is 12.9. The summed E-state index contributed by atoms with van der Waals surface area (Å²) in [6.45, 7) is 9.34. The van der Waals surface area contributed by atoms with Crippen LogP contribution in [0.15, 0.2) is 41.7 Å². The van der Waals surface area contributed by atoms with Crippen molar-refractivity contribution in [3.05, 3.63) is 58.7 Å². The first-order valence-electron chi connectivity index (χ1n) is 9.49. The van der Waals surface area contributed by atoms with Gasteiger partial charge in [-0.3, -0.25) is 0 Å². The van der Waals surface area contributed by atoms with Crippen LogP contribution in [0.25, 0.3) is 11.2 Å². The molecule has 0 N–H and O–H groups in total. The topological polar surface area (TPSA) is 46.8 Å². The number of fused-ring (bicyclic) bond motifs is 2. The van der Waals surface area contributed by atoms with Gasteiger partial charge in [-0.15, -0.1) is 0 Å². The van der Waals surface area contributed by atoms with Gasteiger partial charge in [0.15, 0.2) is 17.0 Å². The number of nitrogens with zero attached hydrogens (tertiary/aromatic N) is 5. The third-order valence-electron chi connectivity index (χ3n) is 5.08. The van der Waals surface area contributed by atoms with Crippen LogP contribution in [-0.4, -0.2) is 33.6 Å². The van der Waals surface area contributed by atoms with Crippen molar-refractivity contribution >= 4 is 17.0 Å². The summed E-state index contributed by atoms with van der Waals surface area (Å²) in [6.07, 6.45) is 4.12.